The van der Waals surface area contributed by atoms with E-state index in [9.17, 15) is 4.39 Å². The maximum absolute atomic E-state index is 13.1. The van der Waals surface area contributed by atoms with Crippen LogP contribution in [0.4, 0.5) is 4.39 Å². The van der Waals surface area contributed by atoms with Crippen molar-refractivity contribution in [3.8, 4) is 11.3 Å². The number of unbranched alkanes of at least 4 members (excludes halogenated alkanes) is 1. The summed E-state index contributed by atoms with van der Waals surface area (Å²) in [5, 5.41) is 0. The second-order valence-electron chi connectivity index (χ2n) is 10.4. The van der Waals surface area contributed by atoms with E-state index in [-0.39, 0.29) is 5.82 Å². The van der Waals surface area contributed by atoms with Crippen molar-refractivity contribution in [2.45, 2.75) is 83.5 Å². The Kier molecular flexibility index (Phi) is 8.54. The molecule has 0 unspecified atom stereocenters. The SMILES string of the molecule is C=CCCCC1CCC(C2CCC(CCc3ccc(-c4ccc(F)cc4)nc3)CC2)CC1. The number of allylic oxidation sites excluding steroid dienone is 1. The summed E-state index contributed by atoms with van der Waals surface area (Å²) in [5.74, 6) is 3.68. The van der Waals surface area contributed by atoms with Crippen LogP contribution in [0.15, 0.2) is 55.3 Å². The zero-order valence-corrected chi connectivity index (χ0v) is 19.7. The maximum atomic E-state index is 13.1. The van der Waals surface area contributed by atoms with E-state index in [4.69, 9.17) is 0 Å². The van der Waals surface area contributed by atoms with Crippen LogP contribution < -0.4 is 0 Å². The summed E-state index contributed by atoms with van der Waals surface area (Å²) in [5.41, 5.74) is 3.22. The molecule has 1 heterocycles. The van der Waals surface area contributed by atoms with Gasteiger partial charge in [0.1, 0.15) is 5.82 Å². The summed E-state index contributed by atoms with van der Waals surface area (Å²) >= 11 is 0. The van der Waals surface area contributed by atoms with Gasteiger partial charge in [-0.15, -0.1) is 6.58 Å². The van der Waals surface area contributed by atoms with E-state index in [1.807, 2.05) is 6.20 Å². The minimum atomic E-state index is -0.202. The molecule has 2 aromatic rings. The summed E-state index contributed by atoms with van der Waals surface area (Å²) in [6.07, 6.45) is 22.1. The number of hydrogen-bond donors (Lipinski definition) is 0. The van der Waals surface area contributed by atoms with Crippen LogP contribution in [0.3, 0.4) is 0 Å². The van der Waals surface area contributed by atoms with Crippen molar-refractivity contribution in [2.24, 2.45) is 23.7 Å². The Morgan fingerprint density at radius 3 is 2.00 bits per heavy atom. The third-order valence-corrected chi connectivity index (χ3v) is 8.28. The average molecular weight is 434 g/mol. The molecule has 0 saturated heterocycles. The standard InChI is InChI=1S/C30H40FN/c1-2-3-4-5-23-8-13-26(14-9-23)27-15-10-24(11-16-27)6-7-25-12-21-30(32-22-25)28-17-19-29(31)20-18-28/h2,12,17-24,26-27H,1,3-11,13-16H2. The number of rotatable bonds is 9. The first kappa shape index (κ1) is 23.2. The Balaban J connectivity index is 1.16. The number of halogens is 1. The Labute approximate surface area is 194 Å². The Bertz CT molecular complexity index is 809. The second kappa shape index (κ2) is 11.8. The van der Waals surface area contributed by atoms with E-state index in [0.717, 1.165) is 41.3 Å². The molecule has 32 heavy (non-hydrogen) atoms. The summed E-state index contributed by atoms with van der Waals surface area (Å²) in [7, 11) is 0. The molecule has 0 aliphatic heterocycles. The molecule has 0 amide bonds. The van der Waals surface area contributed by atoms with Crippen molar-refractivity contribution in [1.82, 2.24) is 4.98 Å². The number of aryl methyl sites for hydroxylation is 1. The second-order valence-corrected chi connectivity index (χ2v) is 10.4. The topological polar surface area (TPSA) is 12.9 Å². The molecule has 0 radical (unpaired) electrons. The minimum absolute atomic E-state index is 0.202. The zero-order valence-electron chi connectivity index (χ0n) is 19.7. The van der Waals surface area contributed by atoms with Gasteiger partial charge in [0.15, 0.2) is 0 Å². The lowest BCUT2D eigenvalue weighted by molar-refractivity contribution is 0.141. The first-order chi connectivity index (χ1) is 15.7. The quantitative estimate of drug-likeness (QED) is 0.284. The molecule has 2 fully saturated rings. The number of pyridine rings is 1. The van der Waals surface area contributed by atoms with Crippen LogP contribution in [0.2, 0.25) is 0 Å². The van der Waals surface area contributed by atoms with E-state index in [1.165, 1.54) is 94.7 Å². The Morgan fingerprint density at radius 2 is 1.44 bits per heavy atom. The fourth-order valence-electron chi connectivity index (χ4n) is 6.18. The van der Waals surface area contributed by atoms with Crippen molar-refractivity contribution in [3.05, 3.63) is 66.6 Å². The molecule has 172 valence electrons. The van der Waals surface area contributed by atoms with Gasteiger partial charge in [0.2, 0.25) is 0 Å². The number of aromatic nitrogens is 1. The highest BCUT2D eigenvalue weighted by atomic mass is 19.1. The van der Waals surface area contributed by atoms with Crippen molar-refractivity contribution in [1.29, 1.82) is 0 Å². The fraction of sp³-hybridized carbons (Fsp3) is 0.567. The Hall–Kier alpha value is -1.96. The van der Waals surface area contributed by atoms with Crippen molar-refractivity contribution in [3.63, 3.8) is 0 Å². The van der Waals surface area contributed by atoms with Gasteiger partial charge in [-0.3, -0.25) is 4.98 Å². The molecule has 2 aliphatic rings. The third kappa shape index (κ3) is 6.53. The van der Waals surface area contributed by atoms with Crippen LogP contribution in [-0.2, 0) is 6.42 Å². The molecule has 0 N–H and O–H groups in total. The molecule has 2 heteroatoms. The maximum Gasteiger partial charge on any atom is 0.123 e. The van der Waals surface area contributed by atoms with Crippen LogP contribution >= 0.6 is 0 Å². The van der Waals surface area contributed by atoms with Gasteiger partial charge in [-0.1, -0.05) is 44.2 Å². The predicted octanol–water partition coefficient (Wildman–Crippen LogP) is 8.79. The summed E-state index contributed by atoms with van der Waals surface area (Å²) in [6.45, 7) is 3.86. The van der Waals surface area contributed by atoms with Gasteiger partial charge in [-0.05, 0) is 111 Å². The normalized spacial score (nSPS) is 26.0. The predicted molar refractivity (Wildman–Crippen MR) is 133 cm³/mol. The minimum Gasteiger partial charge on any atom is -0.256 e. The molecular formula is C30H40FN. The van der Waals surface area contributed by atoms with Gasteiger partial charge < -0.3 is 0 Å². The largest absolute Gasteiger partial charge is 0.256 e. The monoisotopic (exact) mass is 433 g/mol. The summed E-state index contributed by atoms with van der Waals surface area (Å²) in [4.78, 5) is 4.62. The fourth-order valence-corrected chi connectivity index (χ4v) is 6.18. The number of hydrogen-bond acceptors (Lipinski definition) is 1. The van der Waals surface area contributed by atoms with Gasteiger partial charge in [0.25, 0.3) is 0 Å². The third-order valence-electron chi connectivity index (χ3n) is 8.28. The van der Waals surface area contributed by atoms with Gasteiger partial charge in [-0.2, -0.15) is 0 Å². The molecule has 1 aromatic heterocycles. The van der Waals surface area contributed by atoms with Crippen LogP contribution in [0.25, 0.3) is 11.3 Å². The van der Waals surface area contributed by atoms with Crippen LogP contribution in [0.1, 0.15) is 82.6 Å². The van der Waals surface area contributed by atoms with E-state index in [0.29, 0.717) is 0 Å². The van der Waals surface area contributed by atoms with E-state index >= 15 is 0 Å². The first-order valence-corrected chi connectivity index (χ1v) is 13.0. The molecule has 2 saturated carbocycles. The molecule has 2 aliphatic carbocycles. The van der Waals surface area contributed by atoms with Gasteiger partial charge in [-0.25, -0.2) is 4.39 Å². The molecule has 1 aromatic carbocycles. The van der Waals surface area contributed by atoms with Crippen LogP contribution in [-0.4, -0.2) is 4.98 Å². The van der Waals surface area contributed by atoms with Crippen LogP contribution in [0.5, 0.6) is 0 Å². The van der Waals surface area contributed by atoms with E-state index in [2.05, 4.69) is 29.8 Å². The van der Waals surface area contributed by atoms with Crippen LogP contribution in [0, 0.1) is 29.5 Å². The molecule has 0 atom stereocenters. The molecule has 4 rings (SSSR count). The smallest absolute Gasteiger partial charge is 0.123 e. The first-order valence-electron chi connectivity index (χ1n) is 13.0. The Morgan fingerprint density at radius 1 is 0.812 bits per heavy atom. The molecule has 1 nitrogen and oxygen atoms in total. The number of nitrogens with zero attached hydrogens (tertiary/aromatic N) is 1. The lowest BCUT2D eigenvalue weighted by Crippen LogP contribution is -2.26. The van der Waals surface area contributed by atoms with Crippen molar-refractivity contribution < 1.29 is 4.39 Å². The lowest BCUT2D eigenvalue weighted by atomic mass is 9.68. The zero-order chi connectivity index (χ0) is 22.2. The number of benzene rings is 1. The van der Waals surface area contributed by atoms with Gasteiger partial charge >= 0.3 is 0 Å². The summed E-state index contributed by atoms with van der Waals surface area (Å²) < 4.78 is 13.1. The average Bonchev–Trinajstić information content (AvgIpc) is 2.85. The van der Waals surface area contributed by atoms with E-state index in [1.54, 1.807) is 12.1 Å². The highest BCUT2D eigenvalue weighted by Crippen LogP contribution is 2.43. The van der Waals surface area contributed by atoms with E-state index < -0.39 is 0 Å². The summed E-state index contributed by atoms with van der Waals surface area (Å²) in [6, 6.07) is 10.9. The lowest BCUT2D eigenvalue weighted by Gasteiger charge is -2.38. The highest BCUT2D eigenvalue weighted by molar-refractivity contribution is 5.58. The highest BCUT2D eigenvalue weighted by Gasteiger charge is 2.30. The molecule has 0 bridgehead atoms. The van der Waals surface area contributed by atoms with Gasteiger partial charge in [0.05, 0.1) is 5.69 Å². The van der Waals surface area contributed by atoms with Gasteiger partial charge in [0, 0.05) is 11.8 Å². The van der Waals surface area contributed by atoms with Crippen molar-refractivity contribution >= 4 is 0 Å². The van der Waals surface area contributed by atoms with Crippen molar-refractivity contribution in [2.75, 3.05) is 0 Å². The molecule has 0 spiro atoms. The molecular weight excluding hydrogens is 393 g/mol.